The molecule has 10 rings (SSSR count). The molecule has 0 heterocycles. The molecule has 0 amide bonds. The smallest absolute Gasteiger partial charge is 0.378 e. The van der Waals surface area contributed by atoms with E-state index in [1.165, 1.54) is 127 Å². The van der Waals surface area contributed by atoms with Gasteiger partial charge in [-0.2, -0.15) is 8.42 Å². The lowest BCUT2D eigenvalue weighted by Gasteiger charge is -2.33. The van der Waals surface area contributed by atoms with E-state index in [4.69, 9.17) is 4.18 Å². The minimum atomic E-state index is -4.44. The van der Waals surface area contributed by atoms with E-state index >= 15 is 0 Å². The van der Waals surface area contributed by atoms with E-state index in [0.29, 0.717) is 11.1 Å². The molecule has 19 heteroatoms. The first-order valence-electron chi connectivity index (χ1n) is 23.8. The van der Waals surface area contributed by atoms with Gasteiger partial charge in [-0.15, -0.1) is 0 Å². The van der Waals surface area contributed by atoms with Gasteiger partial charge < -0.3 is 19.5 Å². The molecule has 10 aromatic carbocycles. The van der Waals surface area contributed by atoms with Crippen molar-refractivity contribution in [3.8, 4) is 23.0 Å². The number of diazo groups is 3. The zero-order valence-electron chi connectivity index (χ0n) is 41.4. The van der Waals surface area contributed by atoms with Crippen LogP contribution in [0.5, 0.6) is 23.0 Å². The molecular formula is C59H40N6O10S3. The van der Waals surface area contributed by atoms with Crippen LogP contribution in [0.1, 0.15) is 48.6 Å². The van der Waals surface area contributed by atoms with Gasteiger partial charge >= 0.3 is 27.2 Å². The van der Waals surface area contributed by atoms with Gasteiger partial charge in [0.15, 0.2) is 14.9 Å². The van der Waals surface area contributed by atoms with Gasteiger partial charge in [0.1, 0.15) is 10.6 Å². The number of fused-ring (bicyclic) bond motifs is 3. The van der Waals surface area contributed by atoms with Gasteiger partial charge in [-0.05, 0) is 141 Å². The highest BCUT2D eigenvalue weighted by Crippen LogP contribution is 2.44. The van der Waals surface area contributed by atoms with Gasteiger partial charge in [0.25, 0.3) is 0 Å². The van der Waals surface area contributed by atoms with Gasteiger partial charge in [0.05, 0.1) is 19.6 Å². The highest BCUT2D eigenvalue weighted by molar-refractivity contribution is 7.92. The van der Waals surface area contributed by atoms with Gasteiger partial charge in [-0.3, -0.25) is 0 Å². The van der Waals surface area contributed by atoms with E-state index in [0.717, 1.165) is 16.7 Å². The highest BCUT2D eigenvalue weighted by Gasteiger charge is 2.35. The van der Waals surface area contributed by atoms with Crippen LogP contribution in [0, 0.1) is 16.2 Å². The van der Waals surface area contributed by atoms with E-state index in [1.807, 2.05) is 45.0 Å². The fourth-order valence-corrected chi connectivity index (χ4v) is 14.1. The minimum absolute atomic E-state index is 0.0167. The van der Waals surface area contributed by atoms with Crippen LogP contribution in [0.4, 0.5) is 17.1 Å². The Hall–Kier alpha value is -9.71. The summed E-state index contributed by atoms with van der Waals surface area (Å²) in [5, 5.41) is 67.1. The third-order valence-corrected chi connectivity index (χ3v) is 19.4. The summed E-state index contributed by atoms with van der Waals surface area (Å²) >= 11 is 0. The average molecular weight is 1090 g/mol. The van der Waals surface area contributed by atoms with Crippen molar-refractivity contribution >= 4 is 79.2 Å². The van der Waals surface area contributed by atoms with Crippen molar-refractivity contribution < 1.29 is 44.8 Å². The molecule has 384 valence electrons. The molecule has 78 heavy (non-hydrogen) atoms. The second kappa shape index (κ2) is 19.1. The lowest BCUT2D eigenvalue weighted by molar-refractivity contribution is -0.265. The van der Waals surface area contributed by atoms with Crippen LogP contribution >= 0.6 is 0 Å². The summed E-state index contributed by atoms with van der Waals surface area (Å²) in [7, 11) is -12.9. The Morgan fingerprint density at radius 3 is 1.04 bits per heavy atom. The first-order valence-corrected chi connectivity index (χ1v) is 28.1. The first-order chi connectivity index (χ1) is 37.2. The molecule has 0 N–H and O–H groups in total. The summed E-state index contributed by atoms with van der Waals surface area (Å²) in [4.78, 5) is 8.37. The third-order valence-electron chi connectivity index (χ3n) is 14.5. The Morgan fingerprint density at radius 2 is 0.679 bits per heavy atom. The van der Waals surface area contributed by atoms with Crippen molar-refractivity contribution in [2.75, 3.05) is 0 Å². The Bertz CT molecular complexity index is 4430. The van der Waals surface area contributed by atoms with Crippen LogP contribution in [-0.2, 0) is 40.6 Å². The van der Waals surface area contributed by atoms with E-state index in [9.17, 15) is 56.8 Å². The molecule has 0 unspecified atom stereocenters. The molecule has 0 aromatic heterocycles. The Kier molecular flexibility index (Phi) is 12.7. The molecule has 0 bridgehead atoms. The van der Waals surface area contributed by atoms with E-state index in [1.54, 1.807) is 36.4 Å². The Balaban J connectivity index is 1.00. The van der Waals surface area contributed by atoms with Crippen molar-refractivity contribution in [3.63, 3.8) is 0 Å². The molecule has 0 aliphatic carbocycles. The average Bonchev–Trinajstić information content (AvgIpc) is 3.52. The summed E-state index contributed by atoms with van der Waals surface area (Å²) in [5.41, 5.74) is 1.12. The fourth-order valence-electron chi connectivity index (χ4n) is 9.97. The zero-order chi connectivity index (χ0) is 55.5. The largest absolute Gasteiger partial charge is 0.867 e. The van der Waals surface area contributed by atoms with Gasteiger partial charge in [0, 0.05) is 45.2 Å². The molecule has 0 atom stereocenters. The third kappa shape index (κ3) is 8.50. The predicted molar refractivity (Wildman–Crippen MR) is 287 cm³/mol. The summed E-state index contributed by atoms with van der Waals surface area (Å²) < 4.78 is 90.1. The van der Waals surface area contributed by atoms with Crippen LogP contribution in [-0.4, -0.2) is 25.3 Å². The lowest BCUT2D eigenvalue weighted by atomic mass is 9.70. The molecule has 10 aromatic rings. The van der Waals surface area contributed by atoms with Crippen LogP contribution in [0.3, 0.4) is 0 Å². The second-order valence-corrected chi connectivity index (χ2v) is 24.4. The molecule has 0 saturated heterocycles. The highest BCUT2D eigenvalue weighted by atomic mass is 32.2. The summed E-state index contributed by atoms with van der Waals surface area (Å²) in [6, 6.07) is 47.3. The van der Waals surface area contributed by atoms with Crippen molar-refractivity contribution in [1.82, 2.24) is 0 Å². The minimum Gasteiger partial charge on any atom is -0.867 e. The standard InChI is InChI=1S/C59H40N6O10S3/c1-58(2,36-17-23-40(24-18-36)75-78(73,74)54-12-6-9-48-45(54)31-34-51(65-62)57(48)68)35-13-15-37(16-14-35)59(3,38-19-25-41(26-20-38)76(69,70)52-10-4-7-46-43(52)29-32-49(63-60)55(46)66)39-21-27-42(28-22-39)77(71,72)53-11-5-8-47-44(53)30-33-50(64-61)56(47)67/h4-34H,1-3H3. The number of rotatable bonds is 12. The number of benzene rings is 10. The molecule has 0 saturated carbocycles. The summed E-state index contributed by atoms with van der Waals surface area (Å²) in [6.45, 7) is 5.89. The maximum atomic E-state index is 14.3. The molecule has 16 nitrogen and oxygen atoms in total. The molecular weight excluding hydrogens is 1050 g/mol. The number of hydrogen-bond acceptors (Lipinski definition) is 13. The lowest BCUT2D eigenvalue weighted by Crippen LogP contribution is -2.26. The van der Waals surface area contributed by atoms with Crippen LogP contribution < -0.4 is 19.5 Å². The van der Waals surface area contributed by atoms with Crippen molar-refractivity contribution in [1.29, 1.82) is 16.2 Å². The molecule has 0 radical (unpaired) electrons. The predicted octanol–water partition coefficient (Wildman–Crippen LogP) is 11.9. The first kappa shape index (κ1) is 51.8. The zero-order valence-corrected chi connectivity index (χ0v) is 43.8. The maximum absolute atomic E-state index is 14.3. The topological polar surface area (TPSA) is 265 Å². The molecule has 0 fully saturated rings. The second-order valence-electron chi connectivity index (χ2n) is 19.0. The van der Waals surface area contributed by atoms with E-state index in [2.05, 4.69) is 14.9 Å². The van der Waals surface area contributed by atoms with E-state index in [-0.39, 0.29) is 79.6 Å². The van der Waals surface area contributed by atoms with Crippen LogP contribution in [0.2, 0.25) is 0 Å². The van der Waals surface area contributed by atoms with Crippen LogP contribution in [0.15, 0.2) is 213 Å². The number of nitrogens with zero attached hydrogens (tertiary/aromatic N) is 6. The number of hydrogen-bond donors (Lipinski definition) is 0. The van der Waals surface area contributed by atoms with Gasteiger partial charge in [0.2, 0.25) is 35.9 Å². The molecule has 0 aliphatic heterocycles. The van der Waals surface area contributed by atoms with E-state index < -0.39 is 57.9 Å². The normalized spacial score (nSPS) is 12.2. The Morgan fingerprint density at radius 1 is 0.372 bits per heavy atom. The van der Waals surface area contributed by atoms with Gasteiger partial charge in [-0.1, -0.05) is 111 Å². The summed E-state index contributed by atoms with van der Waals surface area (Å²) in [6.07, 6.45) is 0. The van der Waals surface area contributed by atoms with Crippen molar-refractivity contribution in [2.45, 2.75) is 56.1 Å². The monoisotopic (exact) mass is 1090 g/mol. The molecule has 0 spiro atoms. The molecule has 0 aliphatic rings. The van der Waals surface area contributed by atoms with Crippen molar-refractivity contribution in [2.24, 2.45) is 0 Å². The van der Waals surface area contributed by atoms with Gasteiger partial charge in [-0.25, -0.2) is 16.8 Å². The summed E-state index contributed by atoms with van der Waals surface area (Å²) in [5.74, 6) is -1.90. The Labute approximate surface area is 447 Å². The quantitative estimate of drug-likeness (QED) is 0.0626. The fraction of sp³-hybridized carbons (Fsp3) is 0.0847. The maximum Gasteiger partial charge on any atom is 0.378 e. The SMILES string of the molecule is CC(C)(c1ccc(OS(=O)(=O)c2cccc3c([O-])c([N+]#N)ccc23)cc1)c1ccc(C(C)(c2ccc(S(=O)(=O)c3cccc4c([O-])c([N+]#N)ccc34)cc2)c2ccc(S(=O)(=O)c3cccc4c([O-])c([N+]#N)ccc34)cc2)cc1. The number of sulfone groups is 2. The van der Waals surface area contributed by atoms with Crippen LogP contribution in [0.25, 0.3) is 47.2 Å². The van der Waals surface area contributed by atoms with Crippen molar-refractivity contribution in [3.05, 3.63) is 231 Å².